The number of rotatable bonds is 6. The number of alkyl halides is 1. The number of hydrogen-bond donors (Lipinski definition) is 0. The summed E-state index contributed by atoms with van der Waals surface area (Å²) in [4.78, 5) is 4.38. The van der Waals surface area contributed by atoms with Crippen molar-refractivity contribution in [3.05, 3.63) is 12.2 Å². The molecule has 0 radical (unpaired) electrons. The van der Waals surface area contributed by atoms with E-state index in [1.54, 1.807) is 6.33 Å². The van der Waals surface area contributed by atoms with E-state index >= 15 is 0 Å². The lowest BCUT2D eigenvalue weighted by Crippen LogP contribution is -2.24. The fraction of sp³-hybridized carbons (Fsp3) is 0.833. The molecule has 1 heterocycles. The largest absolute Gasteiger partial charge is 0.248 e. The van der Waals surface area contributed by atoms with Crippen molar-refractivity contribution < 1.29 is 0 Å². The molecular formula is C12H22BrN3. The number of halogens is 1. The van der Waals surface area contributed by atoms with E-state index in [4.69, 9.17) is 0 Å². The molecule has 16 heavy (non-hydrogen) atoms. The molecule has 0 saturated carbocycles. The van der Waals surface area contributed by atoms with Crippen LogP contribution in [0.1, 0.15) is 52.4 Å². The normalized spacial score (nSPS) is 15.4. The molecule has 92 valence electrons. The van der Waals surface area contributed by atoms with Gasteiger partial charge in [-0.25, -0.2) is 9.67 Å². The first-order valence-electron chi connectivity index (χ1n) is 5.97. The van der Waals surface area contributed by atoms with Crippen LogP contribution in [0.15, 0.2) is 6.33 Å². The van der Waals surface area contributed by atoms with E-state index in [-0.39, 0.29) is 5.41 Å². The molecule has 3 nitrogen and oxygen atoms in total. The highest BCUT2D eigenvalue weighted by molar-refractivity contribution is 9.09. The fourth-order valence-electron chi connectivity index (χ4n) is 2.02. The van der Waals surface area contributed by atoms with E-state index in [9.17, 15) is 0 Å². The molecule has 1 unspecified atom stereocenters. The Balaban J connectivity index is 2.81. The van der Waals surface area contributed by atoms with Crippen molar-refractivity contribution in [2.45, 2.75) is 53.0 Å². The van der Waals surface area contributed by atoms with Crippen molar-refractivity contribution in [1.29, 1.82) is 0 Å². The summed E-state index contributed by atoms with van der Waals surface area (Å²) in [5.74, 6) is 1.10. The smallest absolute Gasteiger partial charge is 0.138 e. The molecule has 4 heteroatoms. The van der Waals surface area contributed by atoms with E-state index in [0.717, 1.165) is 17.6 Å². The topological polar surface area (TPSA) is 30.7 Å². The van der Waals surface area contributed by atoms with Gasteiger partial charge in [-0.2, -0.15) is 5.10 Å². The van der Waals surface area contributed by atoms with E-state index < -0.39 is 0 Å². The second kappa shape index (κ2) is 5.80. The van der Waals surface area contributed by atoms with Gasteiger partial charge in [-0.15, -0.1) is 0 Å². The Labute approximate surface area is 107 Å². The molecule has 1 aromatic heterocycles. The molecule has 0 saturated heterocycles. The van der Waals surface area contributed by atoms with E-state index in [1.165, 1.54) is 12.8 Å². The molecule has 0 bridgehead atoms. The van der Waals surface area contributed by atoms with Gasteiger partial charge in [-0.3, -0.25) is 0 Å². The zero-order chi connectivity index (χ0) is 12.2. The fourth-order valence-corrected chi connectivity index (χ4v) is 2.50. The minimum atomic E-state index is 0.286. The Bertz CT molecular complexity index is 322. The summed E-state index contributed by atoms with van der Waals surface area (Å²) in [6.45, 7) is 8.83. The third kappa shape index (κ3) is 3.30. The molecule has 0 spiro atoms. The average Bonchev–Trinajstić information content (AvgIpc) is 2.66. The lowest BCUT2D eigenvalue weighted by atomic mass is 9.84. The minimum Gasteiger partial charge on any atom is -0.248 e. The molecule has 0 aliphatic rings. The second-order valence-electron chi connectivity index (χ2n) is 5.09. The Kier molecular flexibility index (Phi) is 4.96. The van der Waals surface area contributed by atoms with Crippen LogP contribution >= 0.6 is 15.9 Å². The van der Waals surface area contributed by atoms with Gasteiger partial charge in [0.1, 0.15) is 12.2 Å². The predicted octanol–water partition coefficient (Wildman–Crippen LogP) is 3.60. The van der Waals surface area contributed by atoms with Crippen LogP contribution < -0.4 is 0 Å². The molecule has 0 aromatic carbocycles. The Morgan fingerprint density at radius 3 is 2.69 bits per heavy atom. The lowest BCUT2D eigenvalue weighted by molar-refractivity contribution is 0.321. The van der Waals surface area contributed by atoms with Gasteiger partial charge in [0.15, 0.2) is 0 Å². The maximum Gasteiger partial charge on any atom is 0.138 e. The Morgan fingerprint density at radius 1 is 1.50 bits per heavy atom. The third-order valence-electron chi connectivity index (χ3n) is 2.90. The summed E-state index contributed by atoms with van der Waals surface area (Å²) < 4.78 is 2.02. The van der Waals surface area contributed by atoms with Gasteiger partial charge in [0.2, 0.25) is 0 Å². The van der Waals surface area contributed by atoms with Gasteiger partial charge in [0.25, 0.3) is 0 Å². The summed E-state index contributed by atoms with van der Waals surface area (Å²) >= 11 is 3.62. The molecule has 1 aromatic rings. The Hall–Kier alpha value is -0.380. The van der Waals surface area contributed by atoms with Gasteiger partial charge < -0.3 is 0 Å². The summed E-state index contributed by atoms with van der Waals surface area (Å²) in [5, 5.41) is 5.30. The van der Waals surface area contributed by atoms with Crippen LogP contribution in [0, 0.1) is 5.41 Å². The minimum absolute atomic E-state index is 0.286. The standard InChI is InChI=1S/C12H22BrN3/c1-5-6-12(4,8-13)7-11-14-9-15-16(11)10(2)3/h9-10H,5-8H2,1-4H3. The van der Waals surface area contributed by atoms with Gasteiger partial charge in [-0.05, 0) is 25.7 Å². The van der Waals surface area contributed by atoms with Crippen molar-refractivity contribution in [2.75, 3.05) is 5.33 Å². The quantitative estimate of drug-likeness (QED) is 0.749. The van der Waals surface area contributed by atoms with Crippen LogP contribution in [-0.4, -0.2) is 20.1 Å². The van der Waals surface area contributed by atoms with Crippen LogP contribution in [0.4, 0.5) is 0 Å². The van der Waals surface area contributed by atoms with Crippen LogP contribution in [0.2, 0.25) is 0 Å². The first kappa shape index (κ1) is 13.7. The molecule has 0 aliphatic heterocycles. The predicted molar refractivity (Wildman–Crippen MR) is 70.9 cm³/mol. The van der Waals surface area contributed by atoms with Crippen LogP contribution in [0.5, 0.6) is 0 Å². The van der Waals surface area contributed by atoms with Gasteiger partial charge in [-0.1, -0.05) is 36.2 Å². The van der Waals surface area contributed by atoms with Gasteiger partial charge in [0, 0.05) is 17.8 Å². The zero-order valence-corrected chi connectivity index (χ0v) is 12.3. The maximum atomic E-state index is 4.38. The summed E-state index contributed by atoms with van der Waals surface area (Å²) in [6, 6.07) is 0.388. The molecule has 1 rings (SSSR count). The molecular weight excluding hydrogens is 266 g/mol. The van der Waals surface area contributed by atoms with E-state index in [2.05, 4.69) is 53.7 Å². The van der Waals surface area contributed by atoms with Crippen LogP contribution in [-0.2, 0) is 6.42 Å². The van der Waals surface area contributed by atoms with Crippen molar-refractivity contribution in [2.24, 2.45) is 5.41 Å². The lowest BCUT2D eigenvalue weighted by Gasteiger charge is -2.26. The van der Waals surface area contributed by atoms with Crippen molar-refractivity contribution in [3.63, 3.8) is 0 Å². The highest BCUT2D eigenvalue weighted by atomic mass is 79.9. The van der Waals surface area contributed by atoms with E-state index in [1.807, 2.05) is 4.68 Å². The highest BCUT2D eigenvalue weighted by Crippen LogP contribution is 2.30. The molecule has 1 atom stereocenters. The maximum absolute atomic E-state index is 4.38. The summed E-state index contributed by atoms with van der Waals surface area (Å²) in [5.41, 5.74) is 0.286. The van der Waals surface area contributed by atoms with Gasteiger partial charge in [0.05, 0.1) is 0 Å². The van der Waals surface area contributed by atoms with Crippen LogP contribution in [0.3, 0.4) is 0 Å². The van der Waals surface area contributed by atoms with Crippen molar-refractivity contribution in [3.8, 4) is 0 Å². The summed E-state index contributed by atoms with van der Waals surface area (Å²) in [6.07, 6.45) is 5.07. The number of nitrogens with zero attached hydrogens (tertiary/aromatic N) is 3. The molecule has 0 fully saturated rings. The third-order valence-corrected chi connectivity index (χ3v) is 4.25. The second-order valence-corrected chi connectivity index (χ2v) is 5.65. The van der Waals surface area contributed by atoms with E-state index in [0.29, 0.717) is 6.04 Å². The SMILES string of the molecule is CCCC(C)(CBr)Cc1ncnn1C(C)C. The number of hydrogen-bond acceptors (Lipinski definition) is 2. The van der Waals surface area contributed by atoms with Gasteiger partial charge >= 0.3 is 0 Å². The molecule has 0 N–H and O–H groups in total. The zero-order valence-electron chi connectivity index (χ0n) is 10.7. The van der Waals surface area contributed by atoms with Crippen molar-refractivity contribution in [1.82, 2.24) is 14.8 Å². The molecule has 0 amide bonds. The molecule has 0 aliphatic carbocycles. The van der Waals surface area contributed by atoms with Crippen molar-refractivity contribution >= 4 is 15.9 Å². The monoisotopic (exact) mass is 287 g/mol. The summed E-state index contributed by atoms with van der Waals surface area (Å²) in [7, 11) is 0. The first-order valence-corrected chi connectivity index (χ1v) is 7.09. The number of aromatic nitrogens is 3. The Morgan fingerprint density at radius 2 is 2.19 bits per heavy atom. The first-order chi connectivity index (χ1) is 7.52. The van der Waals surface area contributed by atoms with Crippen LogP contribution in [0.25, 0.3) is 0 Å². The highest BCUT2D eigenvalue weighted by Gasteiger charge is 2.25. The average molecular weight is 288 g/mol.